The van der Waals surface area contributed by atoms with Crippen LogP contribution in [-0.4, -0.2) is 27.9 Å². The molecule has 0 spiro atoms. The number of phenols is 1. The topological polar surface area (TPSA) is 104 Å². The van der Waals surface area contributed by atoms with E-state index in [1.165, 1.54) is 0 Å². The van der Waals surface area contributed by atoms with E-state index in [-0.39, 0.29) is 36.6 Å². The summed E-state index contributed by atoms with van der Waals surface area (Å²) in [5.41, 5.74) is 5.25. The monoisotopic (exact) mass is 265 g/mol. The van der Waals surface area contributed by atoms with Gasteiger partial charge in [0, 0.05) is 18.2 Å². The highest BCUT2D eigenvalue weighted by Gasteiger charge is 2.18. The number of aliphatic hydroxyl groups excluding tert-OH is 1. The van der Waals surface area contributed by atoms with Crippen LogP contribution in [0.15, 0.2) is 12.1 Å². The van der Waals surface area contributed by atoms with Crippen molar-refractivity contribution in [2.24, 2.45) is 5.73 Å². The number of aromatic hydroxyl groups is 1. The lowest BCUT2D eigenvalue weighted by Gasteiger charge is -2.13. The van der Waals surface area contributed by atoms with E-state index in [1.807, 2.05) is 0 Å². The first-order valence-electron chi connectivity index (χ1n) is 4.59. The molecule has 0 aromatic heterocycles. The number of carboxylic acid groups (broad SMARTS) is 1. The normalized spacial score (nSPS) is 11.7. The summed E-state index contributed by atoms with van der Waals surface area (Å²) in [6, 6.07) is 1.01. The van der Waals surface area contributed by atoms with Crippen molar-refractivity contribution in [2.45, 2.75) is 12.5 Å². The van der Waals surface area contributed by atoms with Crippen LogP contribution in [0.25, 0.3) is 0 Å². The van der Waals surface area contributed by atoms with E-state index in [4.69, 9.17) is 15.9 Å². The van der Waals surface area contributed by atoms with E-state index in [0.29, 0.717) is 6.07 Å². The predicted molar refractivity (Wildman–Crippen MR) is 60.9 cm³/mol. The van der Waals surface area contributed by atoms with Crippen LogP contribution in [0.5, 0.6) is 5.75 Å². The van der Waals surface area contributed by atoms with Crippen molar-refractivity contribution >= 4 is 18.4 Å². The molecule has 5 nitrogen and oxygen atoms in total. The number of hydrogen-bond acceptors (Lipinski definition) is 4. The molecule has 5 N–H and O–H groups in total. The van der Waals surface area contributed by atoms with Crippen LogP contribution in [0.4, 0.5) is 4.39 Å². The van der Waals surface area contributed by atoms with Crippen molar-refractivity contribution in [3.63, 3.8) is 0 Å². The number of aromatic carboxylic acids is 1. The molecule has 17 heavy (non-hydrogen) atoms. The van der Waals surface area contributed by atoms with Crippen LogP contribution < -0.4 is 5.73 Å². The third-order valence-electron chi connectivity index (χ3n) is 2.18. The molecule has 0 unspecified atom stereocenters. The molecule has 0 amide bonds. The largest absolute Gasteiger partial charge is 0.505 e. The Balaban J connectivity index is 0.00000256. The van der Waals surface area contributed by atoms with Crippen LogP contribution in [0.1, 0.15) is 28.4 Å². The number of benzene rings is 1. The maximum atomic E-state index is 13.2. The molecule has 7 heteroatoms. The van der Waals surface area contributed by atoms with Crippen LogP contribution in [0, 0.1) is 5.82 Å². The van der Waals surface area contributed by atoms with Gasteiger partial charge in [0.2, 0.25) is 0 Å². The average molecular weight is 266 g/mol. The summed E-state index contributed by atoms with van der Waals surface area (Å²) >= 11 is 0. The number of aliphatic hydroxyl groups is 1. The zero-order valence-corrected chi connectivity index (χ0v) is 9.58. The van der Waals surface area contributed by atoms with Gasteiger partial charge in [-0.15, -0.1) is 12.4 Å². The molecule has 1 atom stereocenters. The highest BCUT2D eigenvalue weighted by molar-refractivity contribution is 5.88. The number of hydrogen-bond donors (Lipinski definition) is 4. The molecular weight excluding hydrogens is 253 g/mol. The van der Waals surface area contributed by atoms with E-state index in [1.54, 1.807) is 0 Å². The van der Waals surface area contributed by atoms with E-state index < -0.39 is 23.6 Å². The van der Waals surface area contributed by atoms with Crippen molar-refractivity contribution < 1.29 is 24.5 Å². The smallest absolute Gasteiger partial charge is 0.335 e. The maximum absolute atomic E-state index is 13.2. The summed E-state index contributed by atoms with van der Waals surface area (Å²) in [6.07, 6.45) is 0.107. The SMILES string of the molecule is Cl.N[C@@H](CCO)c1cc(C(=O)O)cc(F)c1O. The molecule has 0 radical (unpaired) electrons. The number of nitrogens with two attached hydrogens (primary N) is 1. The lowest BCUT2D eigenvalue weighted by Crippen LogP contribution is -2.13. The summed E-state index contributed by atoms with van der Waals surface area (Å²) in [5.74, 6) is -3.02. The molecule has 0 bridgehead atoms. The zero-order chi connectivity index (χ0) is 12.3. The van der Waals surface area contributed by atoms with Gasteiger partial charge in [0.25, 0.3) is 0 Å². The van der Waals surface area contributed by atoms with E-state index in [0.717, 1.165) is 6.07 Å². The fourth-order valence-corrected chi connectivity index (χ4v) is 1.32. The fraction of sp³-hybridized carbons (Fsp3) is 0.300. The fourth-order valence-electron chi connectivity index (χ4n) is 1.32. The molecule has 0 heterocycles. The van der Waals surface area contributed by atoms with E-state index >= 15 is 0 Å². The van der Waals surface area contributed by atoms with Gasteiger partial charge < -0.3 is 21.1 Å². The first-order valence-corrected chi connectivity index (χ1v) is 4.59. The minimum atomic E-state index is -1.31. The Hall–Kier alpha value is -1.37. The Labute approximate surface area is 103 Å². The molecule has 0 fully saturated rings. The molecule has 0 aliphatic carbocycles. The van der Waals surface area contributed by atoms with Gasteiger partial charge in [-0.25, -0.2) is 9.18 Å². The summed E-state index contributed by atoms with van der Waals surface area (Å²) in [7, 11) is 0. The van der Waals surface area contributed by atoms with Crippen molar-refractivity contribution in [3.05, 3.63) is 29.1 Å². The maximum Gasteiger partial charge on any atom is 0.335 e. The van der Waals surface area contributed by atoms with Crippen molar-refractivity contribution in [3.8, 4) is 5.75 Å². The number of carbonyl (C=O) groups is 1. The van der Waals surface area contributed by atoms with Crippen LogP contribution >= 0.6 is 12.4 Å². The molecule has 0 saturated carbocycles. The summed E-state index contributed by atoms with van der Waals surface area (Å²) < 4.78 is 13.2. The third kappa shape index (κ3) is 3.55. The van der Waals surface area contributed by atoms with Gasteiger partial charge in [0.15, 0.2) is 11.6 Å². The molecule has 0 aliphatic heterocycles. The van der Waals surface area contributed by atoms with Gasteiger partial charge in [-0.3, -0.25) is 0 Å². The summed E-state index contributed by atoms with van der Waals surface area (Å²) in [5, 5.41) is 26.7. The molecular formula is C10H13ClFNO4. The van der Waals surface area contributed by atoms with Crippen molar-refractivity contribution in [2.75, 3.05) is 6.61 Å². The molecule has 0 aliphatic rings. The molecule has 1 aromatic carbocycles. The Kier molecular flexibility index (Phi) is 5.87. The number of rotatable bonds is 4. The Bertz CT molecular complexity index is 414. The lowest BCUT2D eigenvalue weighted by molar-refractivity contribution is 0.0696. The number of halogens is 2. The predicted octanol–water partition coefficient (Wildman–Crippen LogP) is 1.03. The second-order valence-corrected chi connectivity index (χ2v) is 3.32. The average Bonchev–Trinajstić information content (AvgIpc) is 2.21. The van der Waals surface area contributed by atoms with E-state index in [2.05, 4.69) is 0 Å². The minimum Gasteiger partial charge on any atom is -0.505 e. The quantitative estimate of drug-likeness (QED) is 0.651. The number of carboxylic acids is 1. The second kappa shape index (κ2) is 6.39. The highest BCUT2D eigenvalue weighted by atomic mass is 35.5. The zero-order valence-electron chi connectivity index (χ0n) is 8.76. The van der Waals surface area contributed by atoms with Gasteiger partial charge in [-0.05, 0) is 18.6 Å². The Morgan fingerprint density at radius 3 is 2.53 bits per heavy atom. The van der Waals surface area contributed by atoms with Gasteiger partial charge >= 0.3 is 5.97 Å². The minimum absolute atomic E-state index is 0. The van der Waals surface area contributed by atoms with Gasteiger partial charge in [-0.2, -0.15) is 0 Å². The summed E-state index contributed by atoms with van der Waals surface area (Å²) in [6.45, 7) is -0.237. The first-order chi connectivity index (χ1) is 7.47. The van der Waals surface area contributed by atoms with Crippen LogP contribution in [0.3, 0.4) is 0 Å². The summed E-state index contributed by atoms with van der Waals surface area (Å²) in [4.78, 5) is 10.7. The van der Waals surface area contributed by atoms with Crippen molar-refractivity contribution in [1.29, 1.82) is 0 Å². The Morgan fingerprint density at radius 2 is 2.06 bits per heavy atom. The lowest BCUT2D eigenvalue weighted by atomic mass is 10.0. The van der Waals surface area contributed by atoms with Crippen LogP contribution in [0.2, 0.25) is 0 Å². The first kappa shape index (κ1) is 15.6. The van der Waals surface area contributed by atoms with Gasteiger partial charge in [0.05, 0.1) is 5.56 Å². The van der Waals surface area contributed by atoms with Crippen molar-refractivity contribution in [1.82, 2.24) is 0 Å². The molecule has 1 rings (SSSR count). The number of phenolic OH excluding ortho intramolecular Hbond substituents is 1. The highest BCUT2D eigenvalue weighted by Crippen LogP contribution is 2.28. The molecule has 1 aromatic rings. The van der Waals surface area contributed by atoms with Gasteiger partial charge in [0.1, 0.15) is 0 Å². The second-order valence-electron chi connectivity index (χ2n) is 3.32. The van der Waals surface area contributed by atoms with E-state index in [9.17, 15) is 14.3 Å². The molecule has 0 saturated heterocycles. The van der Waals surface area contributed by atoms with Gasteiger partial charge in [-0.1, -0.05) is 0 Å². The third-order valence-corrected chi connectivity index (χ3v) is 2.18. The molecule has 96 valence electrons. The Morgan fingerprint density at radius 1 is 1.47 bits per heavy atom. The van der Waals surface area contributed by atoms with Crippen LogP contribution in [-0.2, 0) is 0 Å². The standard InChI is InChI=1S/C10H12FNO4.ClH/c11-7-4-5(10(15)16)3-6(9(7)14)8(12)1-2-13;/h3-4,8,13-14H,1-2,12H2,(H,15,16);1H/t8-;/m0./s1.